The molecule has 0 bridgehead atoms. The van der Waals surface area contributed by atoms with Crippen LogP contribution < -0.4 is 5.32 Å². The zero-order valence-electron chi connectivity index (χ0n) is 11.4. The Morgan fingerprint density at radius 1 is 1.10 bits per heavy atom. The van der Waals surface area contributed by atoms with Crippen molar-refractivity contribution >= 4 is 21.6 Å². The normalized spacial score (nSPS) is 21.4. The molecule has 0 radical (unpaired) electrons. The highest BCUT2D eigenvalue weighted by Gasteiger charge is 2.30. The lowest BCUT2D eigenvalue weighted by molar-refractivity contribution is 0.374. The van der Waals surface area contributed by atoms with E-state index in [0.717, 1.165) is 23.0 Å². The number of anilines is 1. The Morgan fingerprint density at radius 3 is 2.45 bits per heavy atom. The minimum Gasteiger partial charge on any atom is -0.381 e. The van der Waals surface area contributed by atoms with Crippen LogP contribution in [-0.4, -0.2) is 6.04 Å². The summed E-state index contributed by atoms with van der Waals surface area (Å²) in [4.78, 5) is 0. The highest BCUT2D eigenvalue weighted by atomic mass is 79.9. The van der Waals surface area contributed by atoms with Gasteiger partial charge in [-0.25, -0.2) is 4.39 Å². The second-order valence-electron chi connectivity index (χ2n) is 5.54. The Hall–Kier alpha value is -1.35. The number of benzene rings is 2. The molecular formula is C17H17BrFN. The number of halogens is 2. The topological polar surface area (TPSA) is 12.0 Å². The molecule has 1 fully saturated rings. The quantitative estimate of drug-likeness (QED) is 0.808. The molecule has 2 aromatic carbocycles. The van der Waals surface area contributed by atoms with Gasteiger partial charge in [0.15, 0.2) is 0 Å². The molecule has 0 amide bonds. The molecule has 104 valence electrons. The summed E-state index contributed by atoms with van der Waals surface area (Å²) in [6.07, 6.45) is 2.26. The first-order valence-electron chi connectivity index (χ1n) is 6.90. The average Bonchev–Trinajstić information content (AvgIpc) is 2.37. The van der Waals surface area contributed by atoms with E-state index >= 15 is 0 Å². The fourth-order valence-electron chi connectivity index (χ4n) is 2.67. The first-order chi connectivity index (χ1) is 9.61. The van der Waals surface area contributed by atoms with E-state index in [1.54, 1.807) is 6.07 Å². The summed E-state index contributed by atoms with van der Waals surface area (Å²) in [5.41, 5.74) is 3.70. The van der Waals surface area contributed by atoms with Crippen LogP contribution in [0.3, 0.4) is 0 Å². The van der Waals surface area contributed by atoms with Crippen molar-refractivity contribution in [1.82, 2.24) is 0 Å². The molecule has 20 heavy (non-hydrogen) atoms. The van der Waals surface area contributed by atoms with E-state index in [0.29, 0.717) is 12.0 Å². The van der Waals surface area contributed by atoms with Gasteiger partial charge in [-0.05, 0) is 65.4 Å². The van der Waals surface area contributed by atoms with Crippen LogP contribution in [0.2, 0.25) is 0 Å². The zero-order valence-corrected chi connectivity index (χ0v) is 13.0. The molecule has 0 unspecified atom stereocenters. The van der Waals surface area contributed by atoms with Crippen LogP contribution in [0.1, 0.15) is 29.9 Å². The van der Waals surface area contributed by atoms with Gasteiger partial charge in [-0.15, -0.1) is 0 Å². The van der Waals surface area contributed by atoms with Gasteiger partial charge < -0.3 is 5.32 Å². The molecule has 2 aromatic rings. The van der Waals surface area contributed by atoms with E-state index in [-0.39, 0.29) is 5.82 Å². The van der Waals surface area contributed by atoms with Crippen molar-refractivity contribution in [1.29, 1.82) is 0 Å². The van der Waals surface area contributed by atoms with Crippen LogP contribution in [-0.2, 0) is 0 Å². The van der Waals surface area contributed by atoms with E-state index in [2.05, 4.69) is 52.4 Å². The van der Waals surface area contributed by atoms with E-state index in [1.165, 1.54) is 23.3 Å². The molecule has 1 aliphatic rings. The molecule has 1 aliphatic carbocycles. The van der Waals surface area contributed by atoms with Crippen molar-refractivity contribution in [3.8, 4) is 0 Å². The molecule has 1 nitrogen and oxygen atoms in total. The molecular weight excluding hydrogens is 317 g/mol. The lowest BCUT2D eigenvalue weighted by atomic mass is 9.75. The minimum absolute atomic E-state index is 0.214. The van der Waals surface area contributed by atoms with Gasteiger partial charge >= 0.3 is 0 Å². The largest absolute Gasteiger partial charge is 0.381 e. The number of nitrogens with one attached hydrogen (secondary N) is 1. The van der Waals surface area contributed by atoms with Crippen molar-refractivity contribution in [2.75, 3.05) is 5.32 Å². The lowest BCUT2D eigenvalue weighted by Crippen LogP contribution is -2.34. The molecule has 1 saturated carbocycles. The third-order valence-electron chi connectivity index (χ3n) is 3.98. The maximum atomic E-state index is 13.0. The molecule has 1 N–H and O–H groups in total. The summed E-state index contributed by atoms with van der Waals surface area (Å²) in [6, 6.07) is 14.1. The summed E-state index contributed by atoms with van der Waals surface area (Å²) >= 11 is 3.39. The monoisotopic (exact) mass is 333 g/mol. The van der Waals surface area contributed by atoms with Crippen LogP contribution in [0.15, 0.2) is 46.9 Å². The highest BCUT2D eigenvalue weighted by Crippen LogP contribution is 2.39. The minimum atomic E-state index is -0.214. The first kappa shape index (κ1) is 13.6. The van der Waals surface area contributed by atoms with Gasteiger partial charge in [0.25, 0.3) is 0 Å². The number of rotatable bonds is 3. The molecule has 3 heteroatoms. The van der Waals surface area contributed by atoms with Crippen LogP contribution in [0.4, 0.5) is 10.1 Å². The fourth-order valence-corrected chi connectivity index (χ4v) is 3.14. The molecule has 0 atom stereocenters. The Labute approximate surface area is 127 Å². The SMILES string of the molecule is Cc1ccc(C2CC(Nc3ccc(F)cc3Br)C2)cc1. The van der Waals surface area contributed by atoms with Crippen molar-refractivity contribution in [2.45, 2.75) is 31.7 Å². The van der Waals surface area contributed by atoms with Crippen LogP contribution in [0.25, 0.3) is 0 Å². The van der Waals surface area contributed by atoms with E-state index in [4.69, 9.17) is 0 Å². The Bertz CT molecular complexity index is 603. The molecule has 0 aliphatic heterocycles. The summed E-state index contributed by atoms with van der Waals surface area (Å²) in [7, 11) is 0. The van der Waals surface area contributed by atoms with Crippen molar-refractivity contribution in [2.24, 2.45) is 0 Å². The third kappa shape index (κ3) is 2.88. The van der Waals surface area contributed by atoms with E-state index in [9.17, 15) is 4.39 Å². The molecule has 3 rings (SSSR count). The zero-order chi connectivity index (χ0) is 14.1. The summed E-state index contributed by atoms with van der Waals surface area (Å²) in [6.45, 7) is 2.11. The molecule has 0 aromatic heterocycles. The fraction of sp³-hybridized carbons (Fsp3) is 0.294. The maximum absolute atomic E-state index is 13.0. The second-order valence-corrected chi connectivity index (χ2v) is 6.40. The Kier molecular flexibility index (Phi) is 3.79. The van der Waals surface area contributed by atoms with Gasteiger partial charge in [-0.3, -0.25) is 0 Å². The van der Waals surface area contributed by atoms with Gasteiger partial charge in [0.05, 0.1) is 0 Å². The number of hydrogen-bond acceptors (Lipinski definition) is 1. The smallest absolute Gasteiger partial charge is 0.124 e. The van der Waals surface area contributed by atoms with Crippen molar-refractivity contribution in [3.05, 3.63) is 63.9 Å². The van der Waals surface area contributed by atoms with E-state index < -0.39 is 0 Å². The average molecular weight is 334 g/mol. The maximum Gasteiger partial charge on any atom is 0.124 e. The van der Waals surface area contributed by atoms with Crippen LogP contribution in [0.5, 0.6) is 0 Å². The molecule has 0 spiro atoms. The molecule has 0 saturated heterocycles. The Morgan fingerprint density at radius 2 is 1.80 bits per heavy atom. The number of hydrogen-bond donors (Lipinski definition) is 1. The molecule has 0 heterocycles. The van der Waals surface area contributed by atoms with E-state index in [1.807, 2.05) is 0 Å². The summed E-state index contributed by atoms with van der Waals surface area (Å²) < 4.78 is 13.8. The van der Waals surface area contributed by atoms with Crippen molar-refractivity contribution < 1.29 is 4.39 Å². The van der Waals surface area contributed by atoms with Gasteiger partial charge in [0, 0.05) is 16.2 Å². The predicted octanol–water partition coefficient (Wildman–Crippen LogP) is 5.25. The summed E-state index contributed by atoms with van der Waals surface area (Å²) in [5, 5.41) is 3.47. The third-order valence-corrected chi connectivity index (χ3v) is 4.63. The Balaban J connectivity index is 1.59. The van der Waals surface area contributed by atoms with Gasteiger partial charge in [-0.1, -0.05) is 29.8 Å². The summed E-state index contributed by atoms with van der Waals surface area (Å²) in [5.74, 6) is 0.431. The standard InChI is InChI=1S/C17H17BrFN/c1-11-2-4-12(5-3-11)13-8-15(9-13)20-17-7-6-14(19)10-16(17)18/h2-7,10,13,15,20H,8-9H2,1H3. The van der Waals surface area contributed by atoms with Gasteiger partial charge in [-0.2, -0.15) is 0 Å². The van der Waals surface area contributed by atoms with Crippen molar-refractivity contribution in [3.63, 3.8) is 0 Å². The lowest BCUT2D eigenvalue weighted by Gasteiger charge is -2.37. The first-order valence-corrected chi connectivity index (χ1v) is 7.69. The predicted molar refractivity (Wildman–Crippen MR) is 84.7 cm³/mol. The second kappa shape index (κ2) is 5.57. The highest BCUT2D eigenvalue weighted by molar-refractivity contribution is 9.10. The number of aryl methyl sites for hydroxylation is 1. The van der Waals surface area contributed by atoms with Crippen LogP contribution in [0, 0.1) is 12.7 Å². The van der Waals surface area contributed by atoms with Crippen LogP contribution >= 0.6 is 15.9 Å². The van der Waals surface area contributed by atoms with Gasteiger partial charge in [0.2, 0.25) is 0 Å². The van der Waals surface area contributed by atoms with Gasteiger partial charge in [0.1, 0.15) is 5.82 Å².